The molecular weight excluding hydrogens is 398 g/mol. The number of nitrogens with one attached hydrogen (secondary N) is 3. The Bertz CT molecular complexity index is 1320. The van der Waals surface area contributed by atoms with Crippen LogP contribution in [0.2, 0.25) is 0 Å². The zero-order chi connectivity index (χ0) is 21.8. The first-order valence-electron chi connectivity index (χ1n) is 9.15. The molecule has 2 aromatic heterocycles. The average Bonchev–Trinajstić information content (AvgIpc) is 3.27. The minimum atomic E-state index is -0.364. The van der Waals surface area contributed by atoms with Crippen molar-refractivity contribution >= 4 is 34.4 Å². The molecule has 1 amide bonds. The molecule has 154 valence electrons. The van der Waals surface area contributed by atoms with E-state index in [9.17, 15) is 9.59 Å². The summed E-state index contributed by atoms with van der Waals surface area (Å²) in [4.78, 5) is 33.0. The van der Waals surface area contributed by atoms with E-state index in [1.54, 1.807) is 36.4 Å². The Kier molecular flexibility index (Phi) is 5.27. The largest absolute Gasteiger partial charge is 0.369 e. The smallest absolute Gasteiger partial charge is 0.270 e. The molecule has 0 saturated heterocycles. The number of carbonyl (C=O) groups is 1. The highest BCUT2D eigenvalue weighted by Gasteiger charge is 2.12. The fraction of sp³-hybridized carbons (Fsp3) is 0.100. The first kappa shape index (κ1) is 19.6. The summed E-state index contributed by atoms with van der Waals surface area (Å²) in [6.45, 7) is 0.793. The molecule has 31 heavy (non-hydrogen) atoms. The third kappa shape index (κ3) is 4.33. The van der Waals surface area contributed by atoms with Crippen LogP contribution in [0.1, 0.15) is 15.9 Å². The van der Waals surface area contributed by atoms with Crippen LogP contribution >= 0.6 is 0 Å². The van der Waals surface area contributed by atoms with Crippen LogP contribution in [0.5, 0.6) is 0 Å². The van der Waals surface area contributed by atoms with E-state index in [0.717, 1.165) is 11.3 Å². The van der Waals surface area contributed by atoms with Crippen LogP contribution in [0.25, 0.3) is 10.9 Å². The SMILES string of the molecule is C#CCN(Cc1ccc2nc(N)[nH]c(=O)c2c1)c1ccc(C(=O)Nc2nn[nH]n2)cc1. The van der Waals surface area contributed by atoms with Crippen LogP contribution in [0, 0.1) is 12.3 Å². The van der Waals surface area contributed by atoms with Gasteiger partial charge in [0.15, 0.2) is 0 Å². The van der Waals surface area contributed by atoms with Crippen molar-refractivity contribution < 1.29 is 4.79 Å². The Balaban J connectivity index is 1.55. The molecule has 4 rings (SSSR count). The lowest BCUT2D eigenvalue weighted by Crippen LogP contribution is -2.23. The van der Waals surface area contributed by atoms with Crippen molar-refractivity contribution in [3.05, 3.63) is 63.9 Å². The molecular formula is C20H17N9O2. The van der Waals surface area contributed by atoms with Gasteiger partial charge in [-0.05, 0) is 47.2 Å². The van der Waals surface area contributed by atoms with Crippen molar-refractivity contribution in [2.75, 3.05) is 22.5 Å². The predicted octanol–water partition coefficient (Wildman–Crippen LogP) is 0.910. The second-order valence-electron chi connectivity index (χ2n) is 6.60. The second kappa shape index (κ2) is 8.34. The second-order valence-corrected chi connectivity index (χ2v) is 6.60. The van der Waals surface area contributed by atoms with Gasteiger partial charge in [0.2, 0.25) is 5.95 Å². The van der Waals surface area contributed by atoms with Gasteiger partial charge in [0, 0.05) is 17.8 Å². The Morgan fingerprint density at radius 3 is 2.74 bits per heavy atom. The molecule has 0 atom stereocenters. The van der Waals surface area contributed by atoms with E-state index in [0.29, 0.717) is 29.6 Å². The lowest BCUT2D eigenvalue weighted by molar-refractivity contribution is 0.102. The highest BCUT2D eigenvalue weighted by atomic mass is 16.2. The van der Waals surface area contributed by atoms with Gasteiger partial charge in [0.05, 0.1) is 17.4 Å². The Morgan fingerprint density at radius 2 is 2.03 bits per heavy atom. The van der Waals surface area contributed by atoms with E-state index >= 15 is 0 Å². The number of nitrogens with zero attached hydrogens (tertiary/aromatic N) is 5. The number of terminal acetylenes is 1. The van der Waals surface area contributed by atoms with E-state index in [1.165, 1.54) is 0 Å². The predicted molar refractivity (Wildman–Crippen MR) is 115 cm³/mol. The summed E-state index contributed by atoms with van der Waals surface area (Å²) in [5.41, 5.74) is 7.93. The lowest BCUT2D eigenvalue weighted by atomic mass is 10.1. The summed E-state index contributed by atoms with van der Waals surface area (Å²) in [7, 11) is 0. The van der Waals surface area contributed by atoms with Crippen molar-refractivity contribution in [2.45, 2.75) is 6.54 Å². The molecule has 0 bridgehead atoms. The summed E-state index contributed by atoms with van der Waals surface area (Å²) < 4.78 is 0. The van der Waals surface area contributed by atoms with Gasteiger partial charge in [0.1, 0.15) is 0 Å². The number of fused-ring (bicyclic) bond motifs is 1. The summed E-state index contributed by atoms with van der Waals surface area (Å²) in [5.74, 6) is 2.43. The Hall–Kier alpha value is -4.72. The van der Waals surface area contributed by atoms with Crippen LogP contribution in [0.3, 0.4) is 0 Å². The topological polar surface area (TPSA) is 159 Å². The number of hydrogen-bond acceptors (Lipinski definition) is 8. The molecule has 0 radical (unpaired) electrons. The molecule has 0 spiro atoms. The molecule has 11 heteroatoms. The van der Waals surface area contributed by atoms with Gasteiger partial charge in [-0.3, -0.25) is 19.9 Å². The van der Waals surface area contributed by atoms with Gasteiger partial charge in [-0.2, -0.15) is 5.21 Å². The Morgan fingerprint density at radius 1 is 1.23 bits per heavy atom. The maximum absolute atomic E-state index is 12.3. The van der Waals surface area contributed by atoms with E-state index in [-0.39, 0.29) is 23.4 Å². The monoisotopic (exact) mass is 415 g/mol. The molecule has 0 saturated carbocycles. The molecule has 11 nitrogen and oxygen atoms in total. The van der Waals surface area contributed by atoms with E-state index in [4.69, 9.17) is 12.2 Å². The van der Waals surface area contributed by atoms with Gasteiger partial charge in [-0.1, -0.05) is 17.1 Å². The number of rotatable bonds is 6. The number of H-pyrrole nitrogens is 2. The third-order valence-electron chi connectivity index (χ3n) is 4.51. The molecule has 0 unspecified atom stereocenters. The number of nitrogens with two attached hydrogens (primary N) is 1. The van der Waals surface area contributed by atoms with Gasteiger partial charge < -0.3 is 10.6 Å². The number of aromatic amines is 2. The summed E-state index contributed by atoms with van der Waals surface area (Å²) in [6.07, 6.45) is 5.55. The third-order valence-corrected chi connectivity index (χ3v) is 4.51. The number of aromatic nitrogens is 6. The minimum Gasteiger partial charge on any atom is -0.369 e. The van der Waals surface area contributed by atoms with Crippen molar-refractivity contribution in [3.63, 3.8) is 0 Å². The molecule has 2 heterocycles. The Labute approximate surface area is 175 Å². The highest BCUT2D eigenvalue weighted by Crippen LogP contribution is 2.20. The molecule has 2 aromatic carbocycles. The van der Waals surface area contributed by atoms with Crippen molar-refractivity contribution in [2.24, 2.45) is 0 Å². The van der Waals surface area contributed by atoms with Crippen LogP contribution in [0.4, 0.5) is 17.6 Å². The molecule has 0 aliphatic rings. The quantitative estimate of drug-likeness (QED) is 0.338. The van der Waals surface area contributed by atoms with E-state index in [1.807, 2.05) is 11.0 Å². The summed E-state index contributed by atoms with van der Waals surface area (Å²) in [5, 5.41) is 16.0. The number of nitrogen functional groups attached to an aromatic ring is 1. The summed E-state index contributed by atoms with van der Waals surface area (Å²) >= 11 is 0. The molecule has 5 N–H and O–H groups in total. The van der Waals surface area contributed by atoms with E-state index in [2.05, 4.69) is 41.8 Å². The van der Waals surface area contributed by atoms with Crippen molar-refractivity contribution in [1.29, 1.82) is 0 Å². The summed E-state index contributed by atoms with van der Waals surface area (Å²) in [6, 6.07) is 12.3. The highest BCUT2D eigenvalue weighted by molar-refractivity contribution is 6.03. The molecule has 0 fully saturated rings. The van der Waals surface area contributed by atoms with Crippen molar-refractivity contribution in [3.8, 4) is 12.3 Å². The number of amides is 1. The average molecular weight is 415 g/mol. The first-order valence-corrected chi connectivity index (χ1v) is 9.15. The number of hydrogen-bond donors (Lipinski definition) is 4. The van der Waals surface area contributed by atoms with Gasteiger partial charge in [-0.25, -0.2) is 4.98 Å². The zero-order valence-corrected chi connectivity index (χ0v) is 16.2. The maximum Gasteiger partial charge on any atom is 0.270 e. The van der Waals surface area contributed by atoms with E-state index < -0.39 is 0 Å². The fourth-order valence-corrected chi connectivity index (χ4v) is 3.08. The number of benzene rings is 2. The lowest BCUT2D eigenvalue weighted by Gasteiger charge is -2.23. The number of tetrazole rings is 1. The van der Waals surface area contributed by atoms with Crippen LogP contribution in [-0.2, 0) is 6.54 Å². The zero-order valence-electron chi connectivity index (χ0n) is 16.2. The number of anilines is 3. The standard InChI is InChI=1S/C20H17N9O2/c1-2-9-29(11-12-3-8-16-15(10-12)18(31)23-19(21)22-16)14-6-4-13(5-7-14)17(30)24-20-25-27-28-26-20/h1,3-8,10H,9,11H2,(H3,21,22,23,31)(H2,24,25,26,27,28,30). The number of carbonyl (C=O) groups excluding carboxylic acids is 1. The first-order chi connectivity index (χ1) is 15.0. The van der Waals surface area contributed by atoms with Crippen LogP contribution in [0.15, 0.2) is 47.3 Å². The fourth-order valence-electron chi connectivity index (χ4n) is 3.08. The van der Waals surface area contributed by atoms with Gasteiger partial charge >= 0.3 is 0 Å². The van der Waals surface area contributed by atoms with Gasteiger partial charge in [0.25, 0.3) is 17.4 Å². The van der Waals surface area contributed by atoms with Crippen LogP contribution < -0.4 is 21.5 Å². The molecule has 0 aliphatic heterocycles. The maximum atomic E-state index is 12.3. The normalized spacial score (nSPS) is 10.5. The molecule has 4 aromatic rings. The van der Waals surface area contributed by atoms with Crippen LogP contribution in [-0.4, -0.2) is 43.0 Å². The van der Waals surface area contributed by atoms with Gasteiger partial charge in [-0.15, -0.1) is 11.5 Å². The van der Waals surface area contributed by atoms with Crippen molar-refractivity contribution in [1.82, 2.24) is 30.6 Å². The molecule has 0 aliphatic carbocycles. The minimum absolute atomic E-state index is 0.0719.